The summed E-state index contributed by atoms with van der Waals surface area (Å²) in [5, 5.41) is 6.45. The highest BCUT2D eigenvalue weighted by atomic mass is 16.6. The number of fused-ring (bicyclic) bond motifs is 1. The molecule has 4 rings (SSSR count). The summed E-state index contributed by atoms with van der Waals surface area (Å²) < 4.78 is 11.1. The van der Waals surface area contributed by atoms with Crippen molar-refractivity contribution >= 4 is 23.0 Å². The first kappa shape index (κ1) is 16.0. The molecule has 26 heavy (non-hydrogen) atoms. The van der Waals surface area contributed by atoms with Crippen LogP contribution in [-0.2, 0) is 6.54 Å². The van der Waals surface area contributed by atoms with Crippen LogP contribution in [0, 0.1) is 0 Å². The van der Waals surface area contributed by atoms with Gasteiger partial charge in [-0.2, -0.15) is 0 Å². The molecular formula is C19H19N5O2. The summed E-state index contributed by atoms with van der Waals surface area (Å²) in [6.07, 6.45) is 1.48. The molecule has 1 aromatic heterocycles. The molecule has 0 radical (unpaired) electrons. The van der Waals surface area contributed by atoms with Gasteiger partial charge in [0.2, 0.25) is 0 Å². The molecule has 7 nitrogen and oxygen atoms in total. The summed E-state index contributed by atoms with van der Waals surface area (Å²) >= 11 is 0. The minimum absolute atomic E-state index is 0.457. The van der Waals surface area contributed by atoms with Crippen LogP contribution in [0.25, 0.3) is 0 Å². The lowest BCUT2D eigenvalue weighted by atomic mass is 10.2. The number of benzene rings is 2. The lowest BCUT2D eigenvalue weighted by molar-refractivity contribution is 0.171. The monoisotopic (exact) mass is 349 g/mol. The Morgan fingerprint density at radius 3 is 2.54 bits per heavy atom. The van der Waals surface area contributed by atoms with E-state index in [0.29, 0.717) is 42.8 Å². The summed E-state index contributed by atoms with van der Waals surface area (Å²) in [4.78, 5) is 8.48. The number of nitrogens with one attached hydrogen (secondary N) is 2. The van der Waals surface area contributed by atoms with Crippen molar-refractivity contribution in [1.29, 1.82) is 0 Å². The van der Waals surface area contributed by atoms with Gasteiger partial charge in [0.15, 0.2) is 23.1 Å². The topological polar surface area (TPSA) is 94.3 Å². The van der Waals surface area contributed by atoms with E-state index in [1.54, 1.807) is 0 Å². The van der Waals surface area contributed by atoms with Crippen molar-refractivity contribution in [3.05, 3.63) is 60.4 Å². The molecule has 2 heterocycles. The number of rotatable bonds is 5. The van der Waals surface area contributed by atoms with E-state index in [-0.39, 0.29) is 0 Å². The van der Waals surface area contributed by atoms with Crippen LogP contribution in [-0.4, -0.2) is 23.2 Å². The number of ether oxygens (including phenoxy) is 2. The molecule has 3 aromatic rings. The quantitative estimate of drug-likeness (QED) is 0.651. The Balaban J connectivity index is 1.50. The van der Waals surface area contributed by atoms with Crippen LogP contribution >= 0.6 is 0 Å². The predicted octanol–water partition coefficient (Wildman–Crippen LogP) is 3.19. The Labute approximate surface area is 151 Å². The second-order valence-corrected chi connectivity index (χ2v) is 5.81. The molecule has 0 bridgehead atoms. The van der Waals surface area contributed by atoms with Crippen LogP contribution in [0.3, 0.4) is 0 Å². The van der Waals surface area contributed by atoms with Crippen molar-refractivity contribution < 1.29 is 9.47 Å². The Hall–Kier alpha value is -3.48. The second-order valence-electron chi connectivity index (χ2n) is 5.81. The molecule has 0 aliphatic carbocycles. The zero-order valence-corrected chi connectivity index (χ0v) is 14.1. The molecule has 0 amide bonds. The van der Waals surface area contributed by atoms with Gasteiger partial charge in [-0.1, -0.05) is 30.3 Å². The van der Waals surface area contributed by atoms with Gasteiger partial charge in [0.05, 0.1) is 0 Å². The molecule has 0 spiro atoms. The molecule has 0 saturated carbocycles. The van der Waals surface area contributed by atoms with Crippen LogP contribution in [0.1, 0.15) is 5.56 Å². The van der Waals surface area contributed by atoms with E-state index in [9.17, 15) is 0 Å². The van der Waals surface area contributed by atoms with Gasteiger partial charge in [-0.25, -0.2) is 9.97 Å². The summed E-state index contributed by atoms with van der Waals surface area (Å²) in [7, 11) is 0. The first-order valence-electron chi connectivity index (χ1n) is 8.34. The van der Waals surface area contributed by atoms with E-state index in [1.807, 2.05) is 48.5 Å². The van der Waals surface area contributed by atoms with Crippen LogP contribution in [0.5, 0.6) is 11.5 Å². The highest BCUT2D eigenvalue weighted by Crippen LogP contribution is 2.34. The highest BCUT2D eigenvalue weighted by molar-refractivity contribution is 5.78. The van der Waals surface area contributed by atoms with Gasteiger partial charge < -0.3 is 25.8 Å². The Bertz CT molecular complexity index is 902. The van der Waals surface area contributed by atoms with E-state index in [1.165, 1.54) is 6.33 Å². The molecule has 2 aromatic carbocycles. The number of nitrogens with two attached hydrogens (primary N) is 1. The van der Waals surface area contributed by atoms with E-state index in [2.05, 4.69) is 20.6 Å². The SMILES string of the molecule is Nc1c(NCc2ccccc2)ncnc1Nc1ccc2c(c1)OCCO2. The first-order valence-corrected chi connectivity index (χ1v) is 8.34. The third kappa shape index (κ3) is 3.46. The molecule has 7 heteroatoms. The van der Waals surface area contributed by atoms with Crippen molar-refractivity contribution in [3.63, 3.8) is 0 Å². The third-order valence-electron chi connectivity index (χ3n) is 3.99. The fourth-order valence-electron chi connectivity index (χ4n) is 2.68. The normalized spacial score (nSPS) is 12.5. The first-order chi connectivity index (χ1) is 12.8. The lowest BCUT2D eigenvalue weighted by Gasteiger charge is -2.19. The molecule has 1 aliphatic heterocycles. The summed E-state index contributed by atoms with van der Waals surface area (Å²) in [5.74, 6) is 2.56. The summed E-state index contributed by atoms with van der Waals surface area (Å²) in [5.41, 5.74) is 8.64. The van der Waals surface area contributed by atoms with Crippen LogP contribution in [0.4, 0.5) is 23.0 Å². The zero-order valence-electron chi connectivity index (χ0n) is 14.1. The summed E-state index contributed by atoms with van der Waals surface area (Å²) in [6, 6.07) is 15.7. The van der Waals surface area contributed by atoms with Crippen molar-refractivity contribution in [2.24, 2.45) is 0 Å². The minimum Gasteiger partial charge on any atom is -0.486 e. The average molecular weight is 349 g/mol. The maximum atomic E-state index is 6.23. The van der Waals surface area contributed by atoms with Gasteiger partial charge in [0.1, 0.15) is 25.2 Å². The number of nitrogens with zero attached hydrogens (tertiary/aromatic N) is 2. The Kier molecular flexibility index (Phi) is 4.42. The Morgan fingerprint density at radius 1 is 0.923 bits per heavy atom. The highest BCUT2D eigenvalue weighted by Gasteiger charge is 2.13. The Morgan fingerprint density at radius 2 is 1.69 bits per heavy atom. The number of nitrogen functional groups attached to an aromatic ring is 1. The standard InChI is InChI=1S/C19H19N5O2/c20-17-18(21-11-13-4-2-1-3-5-13)22-12-23-19(17)24-14-6-7-15-16(10-14)26-9-8-25-15/h1-7,10,12H,8-9,11,20H2,(H2,21,22,23,24). The number of anilines is 4. The van der Waals surface area contributed by atoms with Crippen molar-refractivity contribution in [2.75, 3.05) is 29.6 Å². The molecule has 0 saturated heterocycles. The van der Waals surface area contributed by atoms with E-state index >= 15 is 0 Å². The molecule has 132 valence electrons. The molecule has 1 aliphatic rings. The smallest absolute Gasteiger partial charge is 0.163 e. The molecule has 0 fully saturated rings. The minimum atomic E-state index is 0.457. The van der Waals surface area contributed by atoms with Crippen LogP contribution in [0.15, 0.2) is 54.9 Å². The number of hydrogen-bond donors (Lipinski definition) is 3. The molecule has 0 atom stereocenters. The van der Waals surface area contributed by atoms with Crippen LogP contribution in [0.2, 0.25) is 0 Å². The zero-order chi connectivity index (χ0) is 17.8. The van der Waals surface area contributed by atoms with Crippen LogP contribution < -0.4 is 25.8 Å². The average Bonchev–Trinajstić information content (AvgIpc) is 2.69. The molecular weight excluding hydrogens is 330 g/mol. The lowest BCUT2D eigenvalue weighted by Crippen LogP contribution is -2.15. The van der Waals surface area contributed by atoms with E-state index in [0.717, 1.165) is 17.0 Å². The van der Waals surface area contributed by atoms with E-state index < -0.39 is 0 Å². The summed E-state index contributed by atoms with van der Waals surface area (Å²) in [6.45, 7) is 1.74. The number of hydrogen-bond acceptors (Lipinski definition) is 7. The van der Waals surface area contributed by atoms with Crippen molar-refractivity contribution in [3.8, 4) is 11.5 Å². The van der Waals surface area contributed by atoms with Crippen molar-refractivity contribution in [2.45, 2.75) is 6.54 Å². The predicted molar refractivity (Wildman–Crippen MR) is 101 cm³/mol. The fraction of sp³-hybridized carbons (Fsp3) is 0.158. The van der Waals surface area contributed by atoms with Gasteiger partial charge in [0, 0.05) is 18.3 Å². The van der Waals surface area contributed by atoms with E-state index in [4.69, 9.17) is 15.2 Å². The fourth-order valence-corrected chi connectivity index (χ4v) is 2.68. The van der Waals surface area contributed by atoms with Crippen molar-refractivity contribution in [1.82, 2.24) is 9.97 Å². The maximum absolute atomic E-state index is 6.23. The largest absolute Gasteiger partial charge is 0.486 e. The molecule has 0 unspecified atom stereocenters. The van der Waals surface area contributed by atoms with Gasteiger partial charge in [-0.15, -0.1) is 0 Å². The van der Waals surface area contributed by atoms with Gasteiger partial charge >= 0.3 is 0 Å². The van der Waals surface area contributed by atoms with Gasteiger partial charge in [0.25, 0.3) is 0 Å². The number of aromatic nitrogens is 2. The van der Waals surface area contributed by atoms with Gasteiger partial charge in [-0.05, 0) is 17.7 Å². The maximum Gasteiger partial charge on any atom is 0.163 e. The third-order valence-corrected chi connectivity index (χ3v) is 3.99. The molecule has 4 N–H and O–H groups in total. The van der Waals surface area contributed by atoms with Gasteiger partial charge in [-0.3, -0.25) is 0 Å². The second kappa shape index (κ2) is 7.18.